The third-order valence-corrected chi connectivity index (χ3v) is 7.77. The molecule has 3 aromatic carbocycles. The molecule has 0 bridgehead atoms. The molecule has 37 heavy (non-hydrogen) atoms. The highest BCUT2D eigenvalue weighted by Crippen LogP contribution is 2.41. The van der Waals surface area contributed by atoms with E-state index in [0.717, 1.165) is 36.3 Å². The molecule has 1 aliphatic carbocycles. The topological polar surface area (TPSA) is 80.0 Å². The average Bonchev–Trinajstić information content (AvgIpc) is 3.65. The minimum atomic E-state index is -0.501. The van der Waals surface area contributed by atoms with Gasteiger partial charge in [0.15, 0.2) is 5.17 Å². The highest BCUT2D eigenvalue weighted by Gasteiger charge is 2.34. The van der Waals surface area contributed by atoms with Crippen LogP contribution >= 0.6 is 11.8 Å². The molecule has 0 aromatic heterocycles. The number of amidine groups is 1. The second-order valence-corrected chi connectivity index (χ2v) is 10.7. The van der Waals surface area contributed by atoms with Gasteiger partial charge in [0.05, 0.1) is 17.7 Å². The Bertz CT molecular complexity index is 1430. The lowest BCUT2D eigenvalue weighted by Crippen LogP contribution is -2.30. The Morgan fingerprint density at radius 2 is 2.00 bits per heavy atom. The molecule has 1 aliphatic heterocycles. The van der Waals surface area contributed by atoms with E-state index in [9.17, 15) is 18.8 Å². The summed E-state index contributed by atoms with van der Waals surface area (Å²) in [6, 6.07) is 16.2. The van der Waals surface area contributed by atoms with Crippen LogP contribution in [0, 0.1) is 41.2 Å². The number of aryl methyl sites for hydroxylation is 1. The van der Waals surface area contributed by atoms with Crippen molar-refractivity contribution in [3.8, 4) is 17.2 Å². The Morgan fingerprint density at radius 3 is 2.68 bits per heavy atom. The van der Waals surface area contributed by atoms with Crippen molar-refractivity contribution in [2.75, 3.05) is 12.3 Å². The average molecular weight is 517 g/mol. The number of carbonyl (C=O) groups excluding carboxylic acids is 1. The summed E-state index contributed by atoms with van der Waals surface area (Å²) in [5, 5.41) is 21.4. The van der Waals surface area contributed by atoms with Crippen LogP contribution in [0.4, 0.5) is 8.78 Å². The molecule has 0 spiro atoms. The zero-order chi connectivity index (χ0) is 26.1. The van der Waals surface area contributed by atoms with Crippen LogP contribution in [0.5, 0.6) is 0 Å². The zero-order valence-electron chi connectivity index (χ0n) is 20.4. The van der Waals surface area contributed by atoms with Crippen molar-refractivity contribution in [3.63, 3.8) is 0 Å². The van der Waals surface area contributed by atoms with Crippen LogP contribution in [-0.4, -0.2) is 28.3 Å². The monoisotopic (exact) mass is 516 g/mol. The molecule has 3 aromatic rings. The lowest BCUT2D eigenvalue weighted by molar-refractivity contribution is 0.0931. The van der Waals surface area contributed by atoms with Gasteiger partial charge < -0.3 is 10.2 Å². The lowest BCUT2D eigenvalue weighted by atomic mass is 9.95. The third kappa shape index (κ3) is 5.52. The Hall–Kier alpha value is -3.70. The van der Waals surface area contributed by atoms with E-state index in [4.69, 9.17) is 5.41 Å². The van der Waals surface area contributed by atoms with Crippen molar-refractivity contribution < 1.29 is 13.6 Å². The van der Waals surface area contributed by atoms with Gasteiger partial charge in [-0.05, 0) is 89.9 Å². The van der Waals surface area contributed by atoms with E-state index in [1.54, 1.807) is 31.2 Å². The summed E-state index contributed by atoms with van der Waals surface area (Å²) >= 11 is 1.48. The number of nitriles is 1. The smallest absolute Gasteiger partial charge is 0.251 e. The van der Waals surface area contributed by atoms with Gasteiger partial charge in [0.1, 0.15) is 11.6 Å². The molecule has 1 amide bonds. The summed E-state index contributed by atoms with van der Waals surface area (Å²) in [5.41, 5.74) is 4.02. The van der Waals surface area contributed by atoms with Gasteiger partial charge in [-0.25, -0.2) is 8.78 Å². The number of hydrogen-bond acceptors (Lipinski definition) is 4. The number of benzene rings is 3. The van der Waals surface area contributed by atoms with Crippen molar-refractivity contribution >= 4 is 22.8 Å². The number of amides is 1. The summed E-state index contributed by atoms with van der Waals surface area (Å²) in [6.45, 7) is 2.90. The highest BCUT2D eigenvalue weighted by atomic mass is 32.2. The standard InChI is InChI=1S/C29H26F2N4OS/c1-17-10-20(4-7-26(17)31)27(19-2-3-19)34-28(36)22-12-18(16-35-8-9-37-29(35)33)11-21(13-22)25-6-5-24(30)14-23(25)15-32/h4-7,10-14,19,27,33H,2-3,8-9,16H2,1H3,(H,34,36). The van der Waals surface area contributed by atoms with Gasteiger partial charge in [-0.2, -0.15) is 5.26 Å². The van der Waals surface area contributed by atoms with Gasteiger partial charge in [-0.15, -0.1) is 0 Å². The highest BCUT2D eigenvalue weighted by molar-refractivity contribution is 8.14. The fourth-order valence-corrected chi connectivity index (χ4v) is 5.58. The minimum Gasteiger partial charge on any atom is -0.347 e. The minimum absolute atomic E-state index is 0.186. The van der Waals surface area contributed by atoms with Crippen molar-refractivity contribution in [1.29, 1.82) is 10.7 Å². The quantitative estimate of drug-likeness (QED) is 0.393. The predicted octanol–water partition coefficient (Wildman–Crippen LogP) is 6.18. The molecule has 2 fully saturated rings. The van der Waals surface area contributed by atoms with Crippen LogP contribution in [-0.2, 0) is 6.54 Å². The number of thioether (sulfide) groups is 1. The Kier molecular flexibility index (Phi) is 6.98. The summed E-state index contributed by atoms with van der Waals surface area (Å²) in [5.74, 6) is 0.0797. The first-order chi connectivity index (χ1) is 17.8. The SMILES string of the molecule is Cc1cc(C(NC(=O)c2cc(CN3CCSC3=N)cc(-c3ccc(F)cc3C#N)c2)C2CC2)ccc1F. The Labute approximate surface area is 219 Å². The van der Waals surface area contributed by atoms with Crippen molar-refractivity contribution in [3.05, 3.63) is 94.0 Å². The van der Waals surface area contributed by atoms with Crippen molar-refractivity contribution in [1.82, 2.24) is 10.2 Å². The van der Waals surface area contributed by atoms with Gasteiger partial charge in [0.25, 0.3) is 5.91 Å². The molecular weight excluding hydrogens is 490 g/mol. The fraction of sp³-hybridized carbons (Fsp3) is 0.276. The maximum atomic E-state index is 13.9. The van der Waals surface area contributed by atoms with E-state index in [0.29, 0.717) is 39.9 Å². The van der Waals surface area contributed by atoms with E-state index in [1.807, 2.05) is 17.0 Å². The molecule has 5 nitrogen and oxygen atoms in total. The first-order valence-corrected chi connectivity index (χ1v) is 13.2. The van der Waals surface area contributed by atoms with Crippen LogP contribution in [0.3, 0.4) is 0 Å². The summed E-state index contributed by atoms with van der Waals surface area (Å²) in [7, 11) is 0. The second kappa shape index (κ2) is 10.3. The fourth-order valence-electron chi connectivity index (χ4n) is 4.74. The lowest BCUT2D eigenvalue weighted by Gasteiger charge is -2.21. The number of rotatable bonds is 7. The molecule has 8 heteroatoms. The molecule has 5 rings (SSSR count). The number of nitrogens with one attached hydrogen (secondary N) is 2. The Balaban J connectivity index is 1.51. The molecule has 1 atom stereocenters. The van der Waals surface area contributed by atoms with E-state index < -0.39 is 5.82 Å². The van der Waals surface area contributed by atoms with Gasteiger partial charge >= 0.3 is 0 Å². The number of hydrogen-bond donors (Lipinski definition) is 2. The molecule has 188 valence electrons. The maximum Gasteiger partial charge on any atom is 0.251 e. The molecule has 1 heterocycles. The first kappa shape index (κ1) is 25.0. The van der Waals surface area contributed by atoms with Crippen molar-refractivity contribution in [2.45, 2.75) is 32.4 Å². The van der Waals surface area contributed by atoms with Crippen LogP contribution in [0.25, 0.3) is 11.1 Å². The van der Waals surface area contributed by atoms with Crippen LogP contribution < -0.4 is 5.32 Å². The van der Waals surface area contributed by atoms with Crippen molar-refractivity contribution in [2.24, 2.45) is 5.92 Å². The first-order valence-electron chi connectivity index (χ1n) is 12.2. The van der Waals surface area contributed by atoms with E-state index in [2.05, 4.69) is 11.4 Å². The van der Waals surface area contributed by atoms with Gasteiger partial charge in [0.2, 0.25) is 0 Å². The van der Waals surface area contributed by atoms with Gasteiger partial charge in [-0.1, -0.05) is 30.0 Å². The predicted molar refractivity (Wildman–Crippen MR) is 141 cm³/mol. The van der Waals surface area contributed by atoms with Gasteiger partial charge in [-0.3, -0.25) is 10.2 Å². The molecule has 0 radical (unpaired) electrons. The number of nitrogens with zero attached hydrogens (tertiary/aromatic N) is 2. The molecule has 2 N–H and O–H groups in total. The maximum absolute atomic E-state index is 13.9. The molecule has 2 aliphatic rings. The number of halogens is 2. The summed E-state index contributed by atoms with van der Waals surface area (Å²) < 4.78 is 27.7. The normalized spacial score (nSPS) is 15.9. The molecular formula is C29H26F2N4OS. The molecule has 1 unspecified atom stereocenters. The van der Waals surface area contributed by atoms with Crippen LogP contribution in [0.1, 0.15) is 51.5 Å². The summed E-state index contributed by atoms with van der Waals surface area (Å²) in [6.07, 6.45) is 1.98. The zero-order valence-corrected chi connectivity index (χ0v) is 21.2. The summed E-state index contributed by atoms with van der Waals surface area (Å²) in [4.78, 5) is 15.5. The van der Waals surface area contributed by atoms with E-state index in [-0.39, 0.29) is 23.3 Å². The third-order valence-electron chi connectivity index (χ3n) is 6.85. The van der Waals surface area contributed by atoms with Gasteiger partial charge in [0, 0.05) is 24.4 Å². The van der Waals surface area contributed by atoms with Crippen LogP contribution in [0.2, 0.25) is 0 Å². The van der Waals surface area contributed by atoms with Crippen LogP contribution in [0.15, 0.2) is 54.6 Å². The van der Waals surface area contributed by atoms with E-state index >= 15 is 0 Å². The molecule has 1 saturated heterocycles. The van der Waals surface area contributed by atoms with E-state index in [1.165, 1.54) is 30.0 Å². The molecule has 1 saturated carbocycles. The number of carbonyl (C=O) groups is 1. The second-order valence-electron chi connectivity index (χ2n) is 9.59. The largest absolute Gasteiger partial charge is 0.347 e. The Morgan fingerprint density at radius 1 is 1.19 bits per heavy atom.